The Morgan fingerprint density at radius 3 is 2.53 bits per heavy atom. The second-order valence-electron chi connectivity index (χ2n) is 4.33. The van der Waals surface area contributed by atoms with Crippen molar-refractivity contribution in [3.8, 4) is 5.95 Å². The topological polar surface area (TPSA) is 55.6 Å². The van der Waals surface area contributed by atoms with Gasteiger partial charge in [-0.2, -0.15) is 5.10 Å². The highest BCUT2D eigenvalue weighted by molar-refractivity contribution is 5.14. The minimum Gasteiger partial charge on any atom is -0.310 e. The Hall–Kier alpha value is -1.75. The standard InChI is InChI=1S/C12H17N5/c1-9(2)13-6-11-7-14-12(15-8-11)17-5-4-10(3)16-17/h4-5,7-9,13H,6H2,1-3H3. The molecule has 2 aromatic rings. The van der Waals surface area contributed by atoms with Crippen LogP contribution in [0.15, 0.2) is 24.7 Å². The molecule has 2 heterocycles. The SMILES string of the molecule is Cc1ccn(-c2ncc(CNC(C)C)cn2)n1. The molecule has 0 aromatic carbocycles. The van der Waals surface area contributed by atoms with E-state index in [-0.39, 0.29) is 0 Å². The number of rotatable bonds is 4. The van der Waals surface area contributed by atoms with E-state index in [1.165, 1.54) is 0 Å². The average Bonchev–Trinajstić information content (AvgIpc) is 2.74. The average molecular weight is 231 g/mol. The van der Waals surface area contributed by atoms with Crippen molar-refractivity contribution >= 4 is 0 Å². The Bertz CT molecular complexity index is 472. The van der Waals surface area contributed by atoms with E-state index >= 15 is 0 Å². The highest BCUT2D eigenvalue weighted by Gasteiger charge is 2.02. The molecule has 0 saturated heterocycles. The Morgan fingerprint density at radius 2 is 2.00 bits per heavy atom. The van der Waals surface area contributed by atoms with Gasteiger partial charge in [0.15, 0.2) is 0 Å². The molecule has 2 aromatic heterocycles. The van der Waals surface area contributed by atoms with Crippen LogP contribution in [0.1, 0.15) is 25.1 Å². The normalized spacial score (nSPS) is 11.1. The lowest BCUT2D eigenvalue weighted by atomic mass is 10.3. The maximum absolute atomic E-state index is 4.29. The number of nitrogens with zero attached hydrogens (tertiary/aromatic N) is 4. The molecular weight excluding hydrogens is 214 g/mol. The van der Waals surface area contributed by atoms with Gasteiger partial charge in [0, 0.05) is 36.7 Å². The molecule has 2 rings (SSSR count). The van der Waals surface area contributed by atoms with Crippen LogP contribution in [0.2, 0.25) is 0 Å². The van der Waals surface area contributed by atoms with E-state index in [9.17, 15) is 0 Å². The van der Waals surface area contributed by atoms with Gasteiger partial charge in [-0.1, -0.05) is 13.8 Å². The predicted octanol–water partition coefficient (Wildman–Crippen LogP) is 1.47. The third-order valence-corrected chi connectivity index (χ3v) is 2.33. The van der Waals surface area contributed by atoms with Gasteiger partial charge >= 0.3 is 0 Å². The van der Waals surface area contributed by atoms with Crippen LogP contribution in [0, 0.1) is 6.92 Å². The van der Waals surface area contributed by atoms with Crippen molar-refractivity contribution in [2.45, 2.75) is 33.4 Å². The zero-order chi connectivity index (χ0) is 12.3. The molecule has 0 spiro atoms. The van der Waals surface area contributed by atoms with E-state index in [2.05, 4.69) is 34.2 Å². The van der Waals surface area contributed by atoms with Crippen LogP contribution < -0.4 is 5.32 Å². The molecule has 17 heavy (non-hydrogen) atoms. The van der Waals surface area contributed by atoms with Crippen molar-refractivity contribution in [3.63, 3.8) is 0 Å². The van der Waals surface area contributed by atoms with Gasteiger partial charge in [0.1, 0.15) is 0 Å². The summed E-state index contributed by atoms with van der Waals surface area (Å²) in [5.41, 5.74) is 2.03. The largest absolute Gasteiger partial charge is 0.310 e. The van der Waals surface area contributed by atoms with Gasteiger partial charge in [-0.3, -0.25) is 0 Å². The molecule has 5 nitrogen and oxygen atoms in total. The number of hydrogen-bond donors (Lipinski definition) is 1. The summed E-state index contributed by atoms with van der Waals surface area (Å²) in [6, 6.07) is 2.39. The van der Waals surface area contributed by atoms with Crippen molar-refractivity contribution in [2.75, 3.05) is 0 Å². The van der Waals surface area contributed by atoms with Gasteiger partial charge in [-0.25, -0.2) is 14.6 Å². The van der Waals surface area contributed by atoms with Crippen molar-refractivity contribution in [2.24, 2.45) is 0 Å². The lowest BCUT2D eigenvalue weighted by Crippen LogP contribution is -2.22. The molecular formula is C12H17N5. The van der Waals surface area contributed by atoms with E-state index < -0.39 is 0 Å². The van der Waals surface area contributed by atoms with Gasteiger partial charge in [0.05, 0.1) is 5.69 Å². The zero-order valence-electron chi connectivity index (χ0n) is 10.4. The smallest absolute Gasteiger partial charge is 0.250 e. The fraction of sp³-hybridized carbons (Fsp3) is 0.417. The second kappa shape index (κ2) is 5.05. The molecule has 90 valence electrons. The van der Waals surface area contributed by atoms with Crippen LogP contribution >= 0.6 is 0 Å². The van der Waals surface area contributed by atoms with Crippen molar-refractivity contribution in [1.82, 2.24) is 25.1 Å². The molecule has 0 radical (unpaired) electrons. The number of aryl methyl sites for hydroxylation is 1. The lowest BCUT2D eigenvalue weighted by Gasteiger charge is -2.07. The van der Waals surface area contributed by atoms with E-state index in [4.69, 9.17) is 0 Å². The molecule has 0 saturated carbocycles. The van der Waals surface area contributed by atoms with Gasteiger partial charge in [0.2, 0.25) is 5.95 Å². The highest BCUT2D eigenvalue weighted by Crippen LogP contribution is 2.02. The summed E-state index contributed by atoms with van der Waals surface area (Å²) in [5, 5.41) is 7.58. The molecule has 0 aliphatic heterocycles. The van der Waals surface area contributed by atoms with E-state index in [1.807, 2.05) is 31.6 Å². The summed E-state index contributed by atoms with van der Waals surface area (Å²) in [7, 11) is 0. The summed E-state index contributed by atoms with van der Waals surface area (Å²) in [6.07, 6.45) is 5.51. The minimum absolute atomic E-state index is 0.462. The Morgan fingerprint density at radius 1 is 1.29 bits per heavy atom. The van der Waals surface area contributed by atoms with Crippen LogP contribution in [-0.2, 0) is 6.54 Å². The van der Waals surface area contributed by atoms with Gasteiger partial charge < -0.3 is 5.32 Å². The van der Waals surface area contributed by atoms with Crippen molar-refractivity contribution in [1.29, 1.82) is 0 Å². The van der Waals surface area contributed by atoms with E-state index in [0.29, 0.717) is 12.0 Å². The number of hydrogen-bond acceptors (Lipinski definition) is 4. The summed E-state index contributed by atoms with van der Waals surface area (Å²) >= 11 is 0. The first kappa shape index (κ1) is 11.7. The van der Waals surface area contributed by atoms with Crippen LogP contribution in [0.3, 0.4) is 0 Å². The van der Waals surface area contributed by atoms with Crippen molar-refractivity contribution < 1.29 is 0 Å². The maximum Gasteiger partial charge on any atom is 0.250 e. The minimum atomic E-state index is 0.462. The Labute approximate surface area is 101 Å². The first-order valence-corrected chi connectivity index (χ1v) is 5.72. The third kappa shape index (κ3) is 3.10. The van der Waals surface area contributed by atoms with E-state index in [0.717, 1.165) is 17.8 Å². The van der Waals surface area contributed by atoms with Gasteiger partial charge in [-0.05, 0) is 13.0 Å². The zero-order valence-corrected chi connectivity index (χ0v) is 10.4. The molecule has 0 unspecified atom stereocenters. The third-order valence-electron chi connectivity index (χ3n) is 2.33. The molecule has 0 bridgehead atoms. The molecule has 0 fully saturated rings. The van der Waals surface area contributed by atoms with E-state index in [1.54, 1.807) is 4.68 Å². The van der Waals surface area contributed by atoms with Crippen LogP contribution in [0.5, 0.6) is 0 Å². The monoisotopic (exact) mass is 231 g/mol. The van der Waals surface area contributed by atoms with Crippen LogP contribution in [0.25, 0.3) is 5.95 Å². The summed E-state index contributed by atoms with van der Waals surface area (Å²) < 4.78 is 1.68. The second-order valence-corrected chi connectivity index (χ2v) is 4.33. The number of nitrogens with one attached hydrogen (secondary N) is 1. The fourth-order valence-corrected chi connectivity index (χ4v) is 1.41. The molecule has 5 heteroatoms. The fourth-order valence-electron chi connectivity index (χ4n) is 1.41. The summed E-state index contributed by atoms with van der Waals surface area (Å²) in [5.74, 6) is 0.603. The lowest BCUT2D eigenvalue weighted by molar-refractivity contribution is 0.586. The molecule has 0 aliphatic carbocycles. The Balaban J connectivity index is 2.07. The molecule has 1 N–H and O–H groups in total. The number of aromatic nitrogens is 4. The first-order chi connectivity index (χ1) is 8.15. The van der Waals surface area contributed by atoms with Crippen LogP contribution in [-0.4, -0.2) is 25.8 Å². The van der Waals surface area contributed by atoms with Gasteiger partial charge in [-0.15, -0.1) is 0 Å². The predicted molar refractivity (Wildman–Crippen MR) is 65.9 cm³/mol. The summed E-state index contributed by atoms with van der Waals surface area (Å²) in [4.78, 5) is 8.58. The molecule has 0 aliphatic rings. The molecule has 0 amide bonds. The Kier molecular flexibility index (Phi) is 3.49. The van der Waals surface area contributed by atoms with Crippen molar-refractivity contribution in [3.05, 3.63) is 35.9 Å². The van der Waals surface area contributed by atoms with Gasteiger partial charge in [0.25, 0.3) is 0 Å². The van der Waals surface area contributed by atoms with Crippen LogP contribution in [0.4, 0.5) is 0 Å². The quantitative estimate of drug-likeness (QED) is 0.865. The summed E-state index contributed by atoms with van der Waals surface area (Å²) in [6.45, 7) is 6.96. The highest BCUT2D eigenvalue weighted by atomic mass is 15.3. The first-order valence-electron chi connectivity index (χ1n) is 5.72. The molecule has 0 atom stereocenters. The maximum atomic E-state index is 4.29.